The first-order chi connectivity index (χ1) is 8.20. The van der Waals surface area contributed by atoms with E-state index < -0.39 is 0 Å². The fourth-order valence-corrected chi connectivity index (χ4v) is 2.10. The summed E-state index contributed by atoms with van der Waals surface area (Å²) < 4.78 is 5.06. The summed E-state index contributed by atoms with van der Waals surface area (Å²) >= 11 is 6.98. The van der Waals surface area contributed by atoms with Crippen molar-refractivity contribution in [2.45, 2.75) is 0 Å². The minimum Gasteiger partial charge on any atom is -0.495 e. The van der Waals surface area contributed by atoms with Crippen molar-refractivity contribution in [2.75, 3.05) is 12.4 Å². The van der Waals surface area contributed by atoms with Crippen LogP contribution in [0, 0.1) is 0 Å². The van der Waals surface area contributed by atoms with Crippen molar-refractivity contribution < 1.29 is 9.53 Å². The van der Waals surface area contributed by atoms with Crippen molar-refractivity contribution in [2.24, 2.45) is 0 Å². The van der Waals surface area contributed by atoms with E-state index in [-0.39, 0.29) is 11.1 Å². The number of carbonyl (C=O) groups is 1. The van der Waals surface area contributed by atoms with Crippen LogP contribution in [0.15, 0.2) is 23.8 Å². The first kappa shape index (κ1) is 11.8. The predicted octanol–water partition coefficient (Wildman–Crippen LogP) is 2.45. The Morgan fingerprint density at radius 3 is 3.06 bits per heavy atom. The lowest BCUT2D eigenvalue weighted by Crippen LogP contribution is -2.12. The maximum atomic E-state index is 11.9. The van der Waals surface area contributed by atoms with Crippen LogP contribution >= 0.6 is 22.9 Å². The zero-order valence-corrected chi connectivity index (χ0v) is 10.4. The highest BCUT2D eigenvalue weighted by Crippen LogP contribution is 2.25. The van der Waals surface area contributed by atoms with Gasteiger partial charge in [0.2, 0.25) is 0 Å². The van der Waals surface area contributed by atoms with E-state index in [1.165, 1.54) is 30.8 Å². The average molecular weight is 270 g/mol. The first-order valence-corrected chi connectivity index (χ1v) is 5.87. The van der Waals surface area contributed by atoms with E-state index in [4.69, 9.17) is 16.3 Å². The molecule has 0 spiro atoms. The Morgan fingerprint density at radius 2 is 2.35 bits per heavy atom. The lowest BCUT2D eigenvalue weighted by molar-refractivity contribution is 0.102. The highest BCUT2D eigenvalue weighted by atomic mass is 35.5. The summed E-state index contributed by atoms with van der Waals surface area (Å²) in [5.41, 5.74) is 0. The van der Waals surface area contributed by atoms with Crippen LogP contribution in [0.5, 0.6) is 5.75 Å². The molecule has 0 radical (unpaired) electrons. The maximum absolute atomic E-state index is 11.9. The van der Waals surface area contributed by atoms with Gasteiger partial charge in [-0.15, -0.1) is 11.3 Å². The molecule has 2 rings (SSSR count). The quantitative estimate of drug-likeness (QED) is 0.870. The predicted molar refractivity (Wildman–Crippen MR) is 65.9 cm³/mol. The molecule has 0 aliphatic rings. The van der Waals surface area contributed by atoms with Gasteiger partial charge < -0.3 is 10.1 Å². The minimum atomic E-state index is -0.286. The van der Waals surface area contributed by atoms with Gasteiger partial charge >= 0.3 is 0 Å². The van der Waals surface area contributed by atoms with Crippen LogP contribution in [-0.4, -0.2) is 23.0 Å². The summed E-state index contributed by atoms with van der Waals surface area (Å²) in [5, 5.41) is 4.67. The van der Waals surface area contributed by atoms with Gasteiger partial charge in [-0.1, -0.05) is 11.6 Å². The number of nitrogens with zero attached hydrogens (tertiary/aromatic N) is 2. The van der Waals surface area contributed by atoms with E-state index >= 15 is 0 Å². The Hall–Kier alpha value is -1.66. The molecule has 0 saturated heterocycles. The number of nitrogens with one attached hydrogen (secondary N) is 1. The van der Waals surface area contributed by atoms with Gasteiger partial charge in [0, 0.05) is 6.07 Å². The summed E-state index contributed by atoms with van der Waals surface area (Å²) in [6.07, 6.45) is 1.28. The van der Waals surface area contributed by atoms with Gasteiger partial charge in [0.05, 0.1) is 7.11 Å². The van der Waals surface area contributed by atoms with Crippen molar-refractivity contribution >= 4 is 34.7 Å². The number of methoxy groups -OCH3 is 1. The number of ether oxygens (including phenoxy) is 1. The number of rotatable bonds is 3. The van der Waals surface area contributed by atoms with Gasteiger partial charge in [-0.2, -0.15) is 0 Å². The summed E-state index contributed by atoms with van der Waals surface area (Å²) in [6.45, 7) is 0. The Labute approximate surface area is 106 Å². The van der Waals surface area contributed by atoms with Crippen LogP contribution in [0.25, 0.3) is 0 Å². The Morgan fingerprint density at radius 1 is 1.53 bits per heavy atom. The molecule has 5 nitrogen and oxygen atoms in total. The fraction of sp³-hybridized carbons (Fsp3) is 0.100. The first-order valence-electron chi connectivity index (χ1n) is 4.61. The van der Waals surface area contributed by atoms with E-state index in [0.717, 1.165) is 0 Å². The maximum Gasteiger partial charge on any atom is 0.270 e. The number of amides is 1. The molecule has 0 aliphatic heterocycles. The third kappa shape index (κ3) is 2.72. The number of anilines is 1. The topological polar surface area (TPSA) is 64.1 Å². The second-order valence-corrected chi connectivity index (χ2v) is 4.30. The molecule has 0 aromatic carbocycles. The molecule has 2 aromatic rings. The number of hydrogen-bond acceptors (Lipinski definition) is 5. The summed E-state index contributed by atoms with van der Waals surface area (Å²) in [6, 6.07) is 3.20. The molecule has 88 valence electrons. The number of hydrogen-bond donors (Lipinski definition) is 1. The van der Waals surface area contributed by atoms with Crippen molar-refractivity contribution in [3.63, 3.8) is 0 Å². The molecular formula is C10H8ClN3O2S. The standard InChI is InChI=1S/C10H8ClN3O2S/c1-16-6-2-3-17-9(6)10(15)14-8-4-7(11)12-5-13-8/h2-5H,1H3,(H,12,13,14,15). The van der Waals surface area contributed by atoms with Crippen molar-refractivity contribution in [1.82, 2.24) is 9.97 Å². The monoisotopic (exact) mass is 269 g/mol. The van der Waals surface area contributed by atoms with Crippen molar-refractivity contribution in [3.05, 3.63) is 33.9 Å². The fourth-order valence-electron chi connectivity index (χ4n) is 1.20. The molecule has 17 heavy (non-hydrogen) atoms. The third-order valence-electron chi connectivity index (χ3n) is 1.93. The molecule has 0 aliphatic carbocycles. The van der Waals surface area contributed by atoms with Crippen LogP contribution in [-0.2, 0) is 0 Å². The van der Waals surface area contributed by atoms with Crippen LogP contribution in [0.2, 0.25) is 5.15 Å². The molecular weight excluding hydrogens is 262 g/mol. The van der Waals surface area contributed by atoms with Gasteiger partial charge in [-0.05, 0) is 11.4 Å². The molecule has 0 atom stereocenters. The van der Waals surface area contributed by atoms with Crippen LogP contribution in [0.1, 0.15) is 9.67 Å². The van der Waals surface area contributed by atoms with Gasteiger partial charge in [0.25, 0.3) is 5.91 Å². The molecule has 0 unspecified atom stereocenters. The van der Waals surface area contributed by atoms with Gasteiger partial charge in [0.15, 0.2) is 0 Å². The second kappa shape index (κ2) is 5.11. The SMILES string of the molecule is COc1ccsc1C(=O)Nc1cc(Cl)ncn1. The average Bonchev–Trinajstić information content (AvgIpc) is 2.77. The molecule has 7 heteroatoms. The zero-order chi connectivity index (χ0) is 12.3. The van der Waals surface area contributed by atoms with E-state index in [9.17, 15) is 4.79 Å². The number of thiophene rings is 1. The van der Waals surface area contributed by atoms with E-state index in [2.05, 4.69) is 15.3 Å². The van der Waals surface area contributed by atoms with E-state index in [1.807, 2.05) is 0 Å². The van der Waals surface area contributed by atoms with Crippen LogP contribution in [0.3, 0.4) is 0 Å². The van der Waals surface area contributed by atoms with Gasteiger partial charge in [-0.3, -0.25) is 4.79 Å². The van der Waals surface area contributed by atoms with Gasteiger partial charge in [-0.25, -0.2) is 9.97 Å². The minimum absolute atomic E-state index is 0.272. The van der Waals surface area contributed by atoms with Crippen LogP contribution in [0.4, 0.5) is 5.82 Å². The smallest absolute Gasteiger partial charge is 0.270 e. The van der Waals surface area contributed by atoms with Crippen molar-refractivity contribution in [1.29, 1.82) is 0 Å². The summed E-state index contributed by atoms with van der Waals surface area (Å²) in [4.78, 5) is 20.0. The number of halogens is 1. The third-order valence-corrected chi connectivity index (χ3v) is 3.03. The molecule has 1 amide bonds. The largest absolute Gasteiger partial charge is 0.495 e. The molecule has 2 aromatic heterocycles. The zero-order valence-electron chi connectivity index (χ0n) is 8.81. The Bertz CT molecular complexity index is 544. The second-order valence-electron chi connectivity index (χ2n) is 3.00. The van der Waals surface area contributed by atoms with E-state index in [0.29, 0.717) is 16.4 Å². The lowest BCUT2D eigenvalue weighted by Gasteiger charge is -2.04. The molecule has 0 saturated carbocycles. The summed E-state index contributed by atoms with van der Waals surface area (Å²) in [5.74, 6) is 0.602. The van der Waals surface area contributed by atoms with Gasteiger partial charge in [0.1, 0.15) is 27.9 Å². The normalized spacial score (nSPS) is 10.0. The lowest BCUT2D eigenvalue weighted by atomic mass is 10.4. The molecule has 2 heterocycles. The highest BCUT2D eigenvalue weighted by Gasteiger charge is 2.14. The Kier molecular flexibility index (Phi) is 3.55. The number of carbonyl (C=O) groups excluding carboxylic acids is 1. The molecule has 1 N–H and O–H groups in total. The Balaban J connectivity index is 2.17. The van der Waals surface area contributed by atoms with E-state index in [1.54, 1.807) is 11.4 Å². The summed E-state index contributed by atoms with van der Waals surface area (Å²) in [7, 11) is 1.51. The number of aromatic nitrogens is 2. The molecule has 0 bridgehead atoms. The molecule has 0 fully saturated rings. The van der Waals surface area contributed by atoms with Crippen LogP contribution < -0.4 is 10.1 Å². The van der Waals surface area contributed by atoms with Crippen molar-refractivity contribution in [3.8, 4) is 5.75 Å². The highest BCUT2D eigenvalue weighted by molar-refractivity contribution is 7.12.